The second-order valence-corrected chi connectivity index (χ2v) is 8.85. The fourth-order valence-corrected chi connectivity index (χ4v) is 4.69. The normalized spacial score (nSPS) is 31.1. The summed E-state index contributed by atoms with van der Waals surface area (Å²) >= 11 is 1.12. The van der Waals surface area contributed by atoms with E-state index in [1.54, 1.807) is 30.3 Å². The first kappa shape index (κ1) is 24.6. The molecule has 34 heavy (non-hydrogen) atoms. The Balaban J connectivity index is 0.000000486. The number of amides is 2. The largest absolute Gasteiger partial charge is 0.394 e. The first-order chi connectivity index (χ1) is 16.3. The van der Waals surface area contributed by atoms with Gasteiger partial charge in [0.05, 0.1) is 24.7 Å². The van der Waals surface area contributed by atoms with E-state index in [0.717, 1.165) is 34.6 Å². The van der Waals surface area contributed by atoms with E-state index in [1.807, 2.05) is 0 Å². The number of rotatable bonds is 4. The SMILES string of the molecule is C1COCO1.NC1(C(=O)c2cc3ccccc3s2)NC(=O)N([C@@H]2O[C@H](CO)[C@@H](O)[C@H]2O)C=C1F. The molecule has 0 saturated carbocycles. The van der Waals surface area contributed by atoms with E-state index in [0.29, 0.717) is 17.9 Å². The van der Waals surface area contributed by atoms with Gasteiger partial charge in [0, 0.05) is 10.9 Å². The van der Waals surface area contributed by atoms with Crippen molar-refractivity contribution in [3.8, 4) is 0 Å². The van der Waals surface area contributed by atoms with E-state index in [4.69, 9.17) is 25.1 Å². The van der Waals surface area contributed by atoms with Crippen LogP contribution in [0.3, 0.4) is 0 Å². The van der Waals surface area contributed by atoms with Crippen LogP contribution in [0.2, 0.25) is 0 Å². The lowest BCUT2D eigenvalue weighted by Gasteiger charge is -2.37. The third-order valence-corrected chi connectivity index (χ3v) is 6.62. The van der Waals surface area contributed by atoms with Crippen LogP contribution in [0.5, 0.6) is 0 Å². The van der Waals surface area contributed by atoms with Gasteiger partial charge in [0.15, 0.2) is 12.1 Å². The maximum Gasteiger partial charge on any atom is 0.325 e. The number of hydrogen-bond acceptors (Lipinski definition) is 10. The van der Waals surface area contributed by atoms with Crippen molar-refractivity contribution in [2.75, 3.05) is 26.6 Å². The molecule has 1 aromatic heterocycles. The number of nitrogens with zero attached hydrogens (tertiary/aromatic N) is 1. The molecule has 1 unspecified atom stereocenters. The second kappa shape index (κ2) is 10.0. The highest BCUT2D eigenvalue weighted by Crippen LogP contribution is 2.33. The summed E-state index contributed by atoms with van der Waals surface area (Å²) in [6.45, 7) is 1.45. The summed E-state index contributed by atoms with van der Waals surface area (Å²) in [6.07, 6.45) is -5.02. The number of hydrogen-bond donors (Lipinski definition) is 5. The van der Waals surface area contributed by atoms with Crippen molar-refractivity contribution in [1.29, 1.82) is 0 Å². The predicted octanol–water partition coefficient (Wildman–Crippen LogP) is 0.00480. The maximum atomic E-state index is 14.9. The highest BCUT2D eigenvalue weighted by Gasteiger charge is 2.52. The number of ether oxygens (including phenoxy) is 3. The van der Waals surface area contributed by atoms with Gasteiger partial charge in [-0.15, -0.1) is 11.3 Å². The zero-order valence-corrected chi connectivity index (χ0v) is 18.6. The summed E-state index contributed by atoms with van der Waals surface area (Å²) < 4.78 is 30.4. The van der Waals surface area contributed by atoms with Gasteiger partial charge in [-0.25, -0.2) is 9.18 Å². The lowest BCUT2D eigenvalue weighted by Crippen LogP contribution is -2.68. The van der Waals surface area contributed by atoms with E-state index >= 15 is 0 Å². The number of Topliss-reactive ketones (excluding diaryl/α,β-unsaturated/α-hetero) is 1. The zero-order chi connectivity index (χ0) is 24.5. The molecule has 0 bridgehead atoms. The summed E-state index contributed by atoms with van der Waals surface area (Å²) in [5.41, 5.74) is 3.51. The standard InChI is InChI=1S/C18H18FN3O6S.C3H6O2/c19-12-6-22(16-14(25)13(24)9(7-23)28-16)17(27)21-18(12,20)15(26)11-5-8-3-1-2-4-10(8)29-11;1-2-5-3-4-1/h1-6,9,13-14,16,23-25H,7,20H2,(H,21,27);1-3H2/t9-,13-,14-,16-,18?;/m1./s1. The minimum atomic E-state index is -2.42. The maximum absolute atomic E-state index is 14.9. The fourth-order valence-electron chi connectivity index (χ4n) is 3.62. The molecule has 0 spiro atoms. The highest BCUT2D eigenvalue weighted by atomic mass is 32.1. The molecule has 1 aromatic carbocycles. The van der Waals surface area contributed by atoms with Crippen LogP contribution in [0.25, 0.3) is 10.1 Å². The van der Waals surface area contributed by atoms with E-state index in [9.17, 15) is 24.2 Å². The summed E-state index contributed by atoms with van der Waals surface area (Å²) in [7, 11) is 0. The Morgan fingerprint density at radius 1 is 1.26 bits per heavy atom. The molecule has 2 fully saturated rings. The molecular formula is C21H24FN3O8S. The van der Waals surface area contributed by atoms with Crippen molar-refractivity contribution in [2.24, 2.45) is 5.73 Å². The van der Waals surface area contributed by atoms with Crippen molar-refractivity contribution >= 4 is 33.2 Å². The van der Waals surface area contributed by atoms with Crippen LogP contribution >= 0.6 is 11.3 Å². The number of carbonyl (C=O) groups excluding carboxylic acids is 2. The molecule has 3 aliphatic rings. The molecule has 13 heteroatoms. The lowest BCUT2D eigenvalue weighted by atomic mass is 10.0. The molecule has 5 atom stereocenters. The van der Waals surface area contributed by atoms with Gasteiger partial charge in [-0.05, 0) is 17.5 Å². The Morgan fingerprint density at radius 2 is 1.97 bits per heavy atom. The minimum absolute atomic E-state index is 0.166. The number of ketones is 1. The van der Waals surface area contributed by atoms with Gasteiger partial charge in [0.2, 0.25) is 11.4 Å². The molecule has 4 heterocycles. The van der Waals surface area contributed by atoms with Crippen LogP contribution in [0.15, 0.2) is 42.4 Å². The topological polar surface area (TPSA) is 164 Å². The second-order valence-electron chi connectivity index (χ2n) is 7.76. The van der Waals surface area contributed by atoms with Crippen molar-refractivity contribution in [3.63, 3.8) is 0 Å². The summed E-state index contributed by atoms with van der Waals surface area (Å²) in [5.74, 6) is -2.00. The Morgan fingerprint density at radius 3 is 2.56 bits per heavy atom. The Hall–Kier alpha value is -2.49. The number of carbonyl (C=O) groups is 2. The Labute approximate surface area is 197 Å². The average Bonchev–Trinajstić information content (AvgIpc) is 3.59. The van der Waals surface area contributed by atoms with Crippen LogP contribution in [0.1, 0.15) is 9.67 Å². The average molecular weight is 498 g/mol. The van der Waals surface area contributed by atoms with Crippen LogP contribution in [-0.2, 0) is 14.2 Å². The van der Waals surface area contributed by atoms with Crippen LogP contribution in [0, 0.1) is 0 Å². The summed E-state index contributed by atoms with van der Waals surface area (Å²) in [4.78, 5) is 26.3. The first-order valence-electron chi connectivity index (χ1n) is 10.3. The number of halogens is 1. The number of fused-ring (bicyclic) bond motifs is 1. The number of aliphatic hydroxyl groups is 3. The minimum Gasteiger partial charge on any atom is -0.394 e. The van der Waals surface area contributed by atoms with Gasteiger partial charge in [0.25, 0.3) is 0 Å². The van der Waals surface area contributed by atoms with Gasteiger partial charge >= 0.3 is 6.03 Å². The van der Waals surface area contributed by atoms with Crippen LogP contribution in [-0.4, -0.2) is 88.9 Å². The molecule has 0 radical (unpaired) electrons. The lowest BCUT2D eigenvalue weighted by molar-refractivity contribution is -0.0679. The number of thiophene rings is 1. The molecule has 5 rings (SSSR count). The third kappa shape index (κ3) is 4.56. The van der Waals surface area contributed by atoms with Gasteiger partial charge < -0.3 is 34.8 Å². The van der Waals surface area contributed by atoms with Crippen LogP contribution < -0.4 is 11.1 Å². The zero-order valence-electron chi connectivity index (χ0n) is 17.8. The molecular weight excluding hydrogens is 473 g/mol. The molecule has 184 valence electrons. The number of benzene rings is 1. The molecule has 3 aliphatic heterocycles. The van der Waals surface area contributed by atoms with E-state index in [2.05, 4.69) is 5.32 Å². The summed E-state index contributed by atoms with van der Waals surface area (Å²) in [6, 6.07) is 7.75. The third-order valence-electron chi connectivity index (χ3n) is 5.51. The Bertz CT molecular complexity index is 1050. The van der Waals surface area contributed by atoms with Gasteiger partial charge in [-0.3, -0.25) is 15.4 Å². The van der Waals surface area contributed by atoms with E-state index in [-0.39, 0.29) is 4.88 Å². The van der Waals surface area contributed by atoms with Crippen molar-refractivity contribution < 1.29 is 43.5 Å². The van der Waals surface area contributed by atoms with E-state index < -0.39 is 54.5 Å². The van der Waals surface area contributed by atoms with E-state index in [1.165, 1.54) is 0 Å². The van der Waals surface area contributed by atoms with Crippen LogP contribution in [0.4, 0.5) is 9.18 Å². The smallest absolute Gasteiger partial charge is 0.325 e. The van der Waals surface area contributed by atoms with Crippen molar-refractivity contribution in [1.82, 2.24) is 10.2 Å². The first-order valence-corrected chi connectivity index (χ1v) is 11.2. The molecule has 0 aliphatic carbocycles. The Kier molecular flexibility index (Phi) is 7.25. The predicted molar refractivity (Wildman–Crippen MR) is 117 cm³/mol. The van der Waals surface area contributed by atoms with Gasteiger partial charge in [-0.1, -0.05) is 18.2 Å². The molecule has 2 aromatic rings. The monoisotopic (exact) mass is 497 g/mol. The molecule has 11 nitrogen and oxygen atoms in total. The van der Waals surface area contributed by atoms with Gasteiger partial charge in [-0.2, -0.15) is 0 Å². The van der Waals surface area contributed by atoms with Crippen molar-refractivity contribution in [2.45, 2.75) is 30.2 Å². The number of aliphatic hydroxyl groups excluding tert-OH is 3. The van der Waals surface area contributed by atoms with Crippen molar-refractivity contribution in [3.05, 3.63) is 47.2 Å². The quantitative estimate of drug-likeness (QED) is 0.366. The molecule has 6 N–H and O–H groups in total. The summed E-state index contributed by atoms with van der Waals surface area (Å²) in [5, 5.41) is 32.0. The van der Waals surface area contributed by atoms with Gasteiger partial charge in [0.1, 0.15) is 25.1 Å². The number of urea groups is 1. The number of nitrogens with two attached hydrogens (primary N) is 1. The molecule has 2 amide bonds. The fraction of sp³-hybridized carbons (Fsp3) is 0.429. The highest BCUT2D eigenvalue weighted by molar-refractivity contribution is 7.20. The molecule has 2 saturated heterocycles. The number of nitrogens with one attached hydrogen (secondary N) is 1.